The first-order valence-corrected chi connectivity index (χ1v) is 7.65. The van der Waals surface area contributed by atoms with Gasteiger partial charge in [0.15, 0.2) is 0 Å². The summed E-state index contributed by atoms with van der Waals surface area (Å²) in [6, 6.07) is 0.772. The summed E-state index contributed by atoms with van der Waals surface area (Å²) >= 11 is 3.73. The Morgan fingerprint density at radius 1 is 1.31 bits per heavy atom. The number of hydrogen-bond donors (Lipinski definition) is 0. The van der Waals surface area contributed by atoms with E-state index in [-0.39, 0.29) is 0 Å². The quantitative estimate of drug-likeness (QED) is 0.741. The average Bonchev–Trinajstić information content (AvgIpc) is 2.59. The molecule has 0 aromatic carbocycles. The van der Waals surface area contributed by atoms with Crippen molar-refractivity contribution >= 4 is 15.9 Å². The molecule has 3 heteroatoms. The lowest BCUT2D eigenvalue weighted by Crippen LogP contribution is -2.44. The summed E-state index contributed by atoms with van der Waals surface area (Å²) in [5.74, 6) is 0.877. The highest BCUT2D eigenvalue weighted by molar-refractivity contribution is 9.09. The van der Waals surface area contributed by atoms with Crippen molar-refractivity contribution in [1.82, 2.24) is 4.90 Å². The second-order valence-electron chi connectivity index (χ2n) is 5.87. The smallest absolute Gasteiger partial charge is 0.0472 e. The monoisotopic (exact) mass is 289 g/mol. The van der Waals surface area contributed by atoms with Gasteiger partial charge < -0.3 is 4.74 Å². The van der Waals surface area contributed by atoms with Crippen LogP contribution in [0.2, 0.25) is 0 Å². The molecule has 2 atom stereocenters. The van der Waals surface area contributed by atoms with Crippen LogP contribution in [-0.4, -0.2) is 42.6 Å². The molecule has 0 amide bonds. The number of nitrogens with zero attached hydrogens (tertiary/aromatic N) is 1. The van der Waals surface area contributed by atoms with E-state index >= 15 is 0 Å². The van der Waals surface area contributed by atoms with Crippen molar-refractivity contribution in [3.63, 3.8) is 0 Å². The van der Waals surface area contributed by atoms with Crippen LogP contribution in [0.25, 0.3) is 0 Å². The molecule has 2 unspecified atom stereocenters. The molecule has 0 N–H and O–H groups in total. The van der Waals surface area contributed by atoms with Gasteiger partial charge in [-0.15, -0.1) is 0 Å². The first-order valence-electron chi connectivity index (χ1n) is 6.53. The summed E-state index contributed by atoms with van der Waals surface area (Å²) in [6.07, 6.45) is 3.81. The molecule has 0 aliphatic carbocycles. The van der Waals surface area contributed by atoms with Gasteiger partial charge in [-0.1, -0.05) is 22.9 Å². The lowest BCUT2D eigenvalue weighted by Gasteiger charge is -2.40. The van der Waals surface area contributed by atoms with Gasteiger partial charge in [-0.25, -0.2) is 0 Å². The Balaban J connectivity index is 1.95. The predicted molar refractivity (Wildman–Crippen MR) is 71.1 cm³/mol. The lowest BCUT2D eigenvalue weighted by molar-refractivity contribution is 0.00674. The van der Waals surface area contributed by atoms with E-state index in [1.807, 2.05) is 0 Å². The topological polar surface area (TPSA) is 12.5 Å². The Hall–Kier alpha value is 0.400. The Labute approximate surface area is 108 Å². The molecule has 16 heavy (non-hydrogen) atoms. The molecule has 0 aromatic rings. The van der Waals surface area contributed by atoms with E-state index in [0.29, 0.717) is 5.41 Å². The molecule has 2 saturated heterocycles. The highest BCUT2D eigenvalue weighted by atomic mass is 79.9. The van der Waals surface area contributed by atoms with Crippen molar-refractivity contribution in [2.45, 2.75) is 39.2 Å². The molecule has 94 valence electrons. The Morgan fingerprint density at radius 3 is 2.50 bits per heavy atom. The van der Waals surface area contributed by atoms with Crippen molar-refractivity contribution in [2.24, 2.45) is 11.3 Å². The van der Waals surface area contributed by atoms with Crippen molar-refractivity contribution in [3.8, 4) is 0 Å². The summed E-state index contributed by atoms with van der Waals surface area (Å²) in [4.78, 5) is 2.69. The van der Waals surface area contributed by atoms with Crippen molar-refractivity contribution in [3.05, 3.63) is 0 Å². The predicted octanol–water partition coefficient (Wildman–Crippen LogP) is 2.91. The number of halogens is 1. The molecule has 0 aromatic heterocycles. The number of rotatable bonds is 3. The van der Waals surface area contributed by atoms with Gasteiger partial charge in [0, 0.05) is 37.7 Å². The van der Waals surface area contributed by atoms with Crippen LogP contribution in [0.5, 0.6) is 0 Å². The van der Waals surface area contributed by atoms with Gasteiger partial charge in [0.2, 0.25) is 0 Å². The van der Waals surface area contributed by atoms with Crippen LogP contribution in [-0.2, 0) is 4.74 Å². The maximum atomic E-state index is 5.50. The lowest BCUT2D eigenvalue weighted by atomic mass is 9.81. The molecule has 2 heterocycles. The minimum Gasteiger partial charge on any atom is -0.381 e. The second-order valence-corrected chi connectivity index (χ2v) is 6.43. The summed E-state index contributed by atoms with van der Waals surface area (Å²) in [5.41, 5.74) is 0.469. The summed E-state index contributed by atoms with van der Waals surface area (Å²) in [7, 11) is 0. The molecular weight excluding hydrogens is 266 g/mol. The fourth-order valence-electron chi connectivity index (χ4n) is 3.18. The van der Waals surface area contributed by atoms with Crippen LogP contribution in [0.15, 0.2) is 0 Å². The Bertz CT molecular complexity index is 228. The zero-order valence-corrected chi connectivity index (χ0v) is 12.1. The number of hydrogen-bond acceptors (Lipinski definition) is 2. The van der Waals surface area contributed by atoms with Crippen molar-refractivity contribution in [2.75, 3.05) is 31.6 Å². The van der Waals surface area contributed by atoms with Gasteiger partial charge in [-0.3, -0.25) is 4.90 Å². The zero-order valence-electron chi connectivity index (χ0n) is 10.5. The summed E-state index contributed by atoms with van der Waals surface area (Å²) in [6.45, 7) is 9.20. The van der Waals surface area contributed by atoms with E-state index in [9.17, 15) is 0 Å². The van der Waals surface area contributed by atoms with Crippen LogP contribution in [0.3, 0.4) is 0 Å². The third kappa shape index (κ3) is 2.80. The first-order chi connectivity index (χ1) is 7.65. The molecule has 0 bridgehead atoms. The second kappa shape index (κ2) is 5.36. The minimum atomic E-state index is 0.469. The summed E-state index contributed by atoms with van der Waals surface area (Å²) in [5, 5.41) is 1.13. The fourth-order valence-corrected chi connectivity index (χ4v) is 3.91. The van der Waals surface area contributed by atoms with Gasteiger partial charge in [-0.2, -0.15) is 0 Å². The maximum absolute atomic E-state index is 5.50. The molecule has 0 saturated carbocycles. The fraction of sp³-hybridized carbons (Fsp3) is 1.00. The zero-order chi connectivity index (χ0) is 11.6. The molecule has 2 rings (SSSR count). The van der Waals surface area contributed by atoms with Crippen LogP contribution in [0.4, 0.5) is 0 Å². The van der Waals surface area contributed by atoms with E-state index < -0.39 is 0 Å². The van der Waals surface area contributed by atoms with E-state index in [1.165, 1.54) is 32.4 Å². The average molecular weight is 290 g/mol. The summed E-state index contributed by atoms with van der Waals surface area (Å²) < 4.78 is 5.50. The van der Waals surface area contributed by atoms with Crippen LogP contribution < -0.4 is 0 Å². The molecule has 2 fully saturated rings. The largest absolute Gasteiger partial charge is 0.381 e. The number of alkyl halides is 1. The number of likely N-dealkylation sites (tertiary alicyclic amines) is 1. The SMILES string of the molecule is CC1CC(C)N(CC2(CBr)CCOCC2)C1. The molecule has 2 aliphatic rings. The van der Waals surface area contributed by atoms with Crippen LogP contribution in [0.1, 0.15) is 33.1 Å². The first kappa shape index (κ1) is 12.8. The van der Waals surface area contributed by atoms with E-state index in [2.05, 4.69) is 34.7 Å². The van der Waals surface area contributed by atoms with E-state index in [4.69, 9.17) is 4.74 Å². The van der Waals surface area contributed by atoms with Crippen LogP contribution in [0, 0.1) is 11.3 Å². The molecule has 2 aliphatic heterocycles. The minimum absolute atomic E-state index is 0.469. The van der Waals surface area contributed by atoms with Gasteiger partial charge in [-0.05, 0) is 37.5 Å². The molecular formula is C13H24BrNO. The molecule has 0 spiro atoms. The highest BCUT2D eigenvalue weighted by Gasteiger charge is 2.37. The molecule has 0 radical (unpaired) electrons. The maximum Gasteiger partial charge on any atom is 0.0472 e. The third-order valence-electron chi connectivity index (χ3n) is 4.29. The Kier molecular flexibility index (Phi) is 4.31. The van der Waals surface area contributed by atoms with Gasteiger partial charge in [0.05, 0.1) is 0 Å². The normalized spacial score (nSPS) is 35.4. The van der Waals surface area contributed by atoms with Crippen molar-refractivity contribution in [1.29, 1.82) is 0 Å². The molecule has 2 nitrogen and oxygen atoms in total. The van der Waals surface area contributed by atoms with Gasteiger partial charge in [0.1, 0.15) is 0 Å². The standard InChI is InChI=1S/C13H24BrNO/c1-11-7-12(2)15(8-11)10-13(9-14)3-5-16-6-4-13/h11-12H,3-10H2,1-2H3. The Morgan fingerprint density at radius 2 is 2.00 bits per heavy atom. The van der Waals surface area contributed by atoms with Crippen molar-refractivity contribution < 1.29 is 4.74 Å². The highest BCUT2D eigenvalue weighted by Crippen LogP contribution is 2.36. The van der Waals surface area contributed by atoms with Gasteiger partial charge in [0.25, 0.3) is 0 Å². The van der Waals surface area contributed by atoms with E-state index in [0.717, 1.165) is 30.5 Å². The van der Waals surface area contributed by atoms with Gasteiger partial charge >= 0.3 is 0 Å². The van der Waals surface area contributed by atoms with E-state index in [1.54, 1.807) is 0 Å². The van der Waals surface area contributed by atoms with Crippen LogP contribution >= 0.6 is 15.9 Å². The number of ether oxygens (including phenoxy) is 1. The third-order valence-corrected chi connectivity index (χ3v) is 5.48.